The van der Waals surface area contributed by atoms with E-state index in [-0.39, 0.29) is 6.54 Å². The van der Waals surface area contributed by atoms with Gasteiger partial charge in [0, 0.05) is 0 Å². The van der Waals surface area contributed by atoms with E-state index >= 15 is 0 Å². The lowest BCUT2D eigenvalue weighted by molar-refractivity contribution is -0.138. The van der Waals surface area contributed by atoms with Crippen molar-refractivity contribution in [3.8, 4) is 0 Å². The van der Waals surface area contributed by atoms with Crippen molar-refractivity contribution in [2.24, 2.45) is 5.84 Å². The zero-order chi connectivity index (χ0) is 14.7. The number of nitrogens with one attached hydrogen (secondary N) is 2. The number of carbonyl (C=O) groups is 3. The van der Waals surface area contributed by atoms with Crippen molar-refractivity contribution < 1.29 is 14.4 Å². The number of para-hydroxylation sites is 1. The molecule has 1 atom stereocenters. The highest BCUT2D eigenvalue weighted by Gasteiger charge is 2.36. The number of amides is 3. The average molecular weight is 276 g/mol. The molecule has 1 unspecified atom stereocenters. The molecule has 106 valence electrons. The van der Waals surface area contributed by atoms with Crippen LogP contribution in [0.1, 0.15) is 23.7 Å². The lowest BCUT2D eigenvalue weighted by Crippen LogP contribution is -2.59. The number of piperazine rings is 1. The molecule has 0 spiro atoms. The second-order valence-electron chi connectivity index (χ2n) is 4.46. The number of benzene rings is 1. The van der Waals surface area contributed by atoms with Gasteiger partial charge in [0.15, 0.2) is 0 Å². The van der Waals surface area contributed by atoms with E-state index in [9.17, 15) is 14.4 Å². The molecule has 2 rings (SSSR count). The first kappa shape index (κ1) is 14.0. The van der Waals surface area contributed by atoms with Gasteiger partial charge in [-0.1, -0.05) is 19.1 Å². The minimum Gasteiger partial charge on any atom is -0.323 e. The quantitative estimate of drug-likeness (QED) is 0.404. The van der Waals surface area contributed by atoms with Crippen molar-refractivity contribution >= 4 is 23.4 Å². The number of nitrogens with zero attached hydrogens (tertiary/aromatic N) is 1. The maximum Gasteiger partial charge on any atom is 0.257 e. The second-order valence-corrected chi connectivity index (χ2v) is 4.46. The van der Waals surface area contributed by atoms with Crippen LogP contribution in [0.2, 0.25) is 0 Å². The highest BCUT2D eigenvalue weighted by molar-refractivity contribution is 6.08. The Hall–Kier alpha value is -2.41. The summed E-state index contributed by atoms with van der Waals surface area (Å²) in [5, 5.41) is 2.23. The molecule has 4 N–H and O–H groups in total. The van der Waals surface area contributed by atoms with Crippen LogP contribution in [-0.4, -0.2) is 35.2 Å². The van der Waals surface area contributed by atoms with Crippen LogP contribution in [0.15, 0.2) is 24.3 Å². The number of hydrogen-bond donors (Lipinski definition) is 3. The molecule has 0 saturated carbocycles. The number of hydrazine groups is 1. The molecule has 1 saturated heterocycles. The van der Waals surface area contributed by atoms with Crippen molar-refractivity contribution in [3.05, 3.63) is 29.8 Å². The summed E-state index contributed by atoms with van der Waals surface area (Å²) in [6, 6.07) is 6.03. The molecule has 1 aliphatic rings. The molecule has 0 bridgehead atoms. The third kappa shape index (κ3) is 2.48. The molecule has 0 aromatic heterocycles. The van der Waals surface area contributed by atoms with Crippen molar-refractivity contribution in [3.63, 3.8) is 0 Å². The Balaban J connectivity index is 2.35. The number of anilines is 1. The van der Waals surface area contributed by atoms with Gasteiger partial charge >= 0.3 is 0 Å². The van der Waals surface area contributed by atoms with Gasteiger partial charge in [0.2, 0.25) is 11.8 Å². The summed E-state index contributed by atoms with van der Waals surface area (Å²) in [6.45, 7) is 1.65. The SMILES string of the molecule is CCC1C(=O)NC(=O)CN1C(=O)c1ccccc1NN. The first-order valence-electron chi connectivity index (χ1n) is 6.28. The fourth-order valence-corrected chi connectivity index (χ4v) is 2.24. The van der Waals surface area contributed by atoms with Crippen LogP contribution < -0.4 is 16.6 Å². The molecule has 1 aliphatic heterocycles. The van der Waals surface area contributed by atoms with E-state index < -0.39 is 23.8 Å². The van der Waals surface area contributed by atoms with Crippen LogP contribution >= 0.6 is 0 Å². The Morgan fingerprint density at radius 3 is 2.80 bits per heavy atom. The summed E-state index contributed by atoms with van der Waals surface area (Å²) < 4.78 is 0. The third-order valence-electron chi connectivity index (χ3n) is 3.22. The summed E-state index contributed by atoms with van der Waals surface area (Å²) >= 11 is 0. The first-order chi connectivity index (χ1) is 9.58. The smallest absolute Gasteiger partial charge is 0.257 e. The maximum atomic E-state index is 12.5. The summed E-state index contributed by atoms with van der Waals surface area (Å²) in [4.78, 5) is 37.1. The fraction of sp³-hybridized carbons (Fsp3) is 0.308. The van der Waals surface area contributed by atoms with Crippen LogP contribution in [0, 0.1) is 0 Å². The van der Waals surface area contributed by atoms with E-state index in [1.807, 2.05) is 0 Å². The Morgan fingerprint density at radius 1 is 1.45 bits per heavy atom. The van der Waals surface area contributed by atoms with Gasteiger partial charge in [-0.05, 0) is 18.6 Å². The topological polar surface area (TPSA) is 105 Å². The molecule has 1 fully saturated rings. The largest absolute Gasteiger partial charge is 0.323 e. The van der Waals surface area contributed by atoms with Crippen LogP contribution in [-0.2, 0) is 9.59 Å². The lowest BCUT2D eigenvalue weighted by atomic mass is 10.1. The Morgan fingerprint density at radius 2 is 2.15 bits per heavy atom. The minimum absolute atomic E-state index is 0.137. The van der Waals surface area contributed by atoms with Gasteiger partial charge in [0.1, 0.15) is 12.6 Å². The van der Waals surface area contributed by atoms with E-state index in [2.05, 4.69) is 10.7 Å². The molecule has 1 aromatic carbocycles. The molecule has 1 aromatic rings. The minimum atomic E-state index is -0.647. The highest BCUT2D eigenvalue weighted by atomic mass is 16.2. The molecule has 0 aliphatic carbocycles. The van der Waals surface area contributed by atoms with E-state index in [0.29, 0.717) is 17.7 Å². The van der Waals surface area contributed by atoms with Crippen LogP contribution in [0.25, 0.3) is 0 Å². The molecule has 3 amide bonds. The molecule has 7 nitrogen and oxygen atoms in total. The zero-order valence-electron chi connectivity index (χ0n) is 11.1. The number of nitrogens with two attached hydrogens (primary N) is 1. The average Bonchev–Trinajstić information content (AvgIpc) is 2.45. The molecule has 0 radical (unpaired) electrons. The van der Waals surface area contributed by atoms with Crippen molar-refractivity contribution in [2.75, 3.05) is 12.0 Å². The predicted molar refractivity (Wildman–Crippen MR) is 72.5 cm³/mol. The highest BCUT2D eigenvalue weighted by Crippen LogP contribution is 2.19. The summed E-state index contributed by atoms with van der Waals surface area (Å²) in [5.74, 6) is 4.05. The Labute approximate surface area is 116 Å². The summed E-state index contributed by atoms with van der Waals surface area (Å²) in [6.07, 6.45) is 0.434. The monoisotopic (exact) mass is 276 g/mol. The van der Waals surface area contributed by atoms with E-state index in [0.717, 1.165) is 0 Å². The maximum absolute atomic E-state index is 12.5. The predicted octanol–water partition coefficient (Wildman–Crippen LogP) is -0.151. The molecular weight excluding hydrogens is 260 g/mol. The first-order valence-corrected chi connectivity index (χ1v) is 6.28. The van der Waals surface area contributed by atoms with Crippen LogP contribution in [0.3, 0.4) is 0 Å². The number of hydrogen-bond acceptors (Lipinski definition) is 5. The van der Waals surface area contributed by atoms with Gasteiger partial charge in [-0.3, -0.25) is 25.5 Å². The van der Waals surface area contributed by atoms with Crippen LogP contribution in [0.4, 0.5) is 5.69 Å². The van der Waals surface area contributed by atoms with Gasteiger partial charge in [0.25, 0.3) is 5.91 Å². The standard InChI is InChI=1S/C13H16N4O3/c1-2-10-12(19)15-11(18)7-17(10)13(20)8-5-3-4-6-9(8)16-14/h3-6,10,16H,2,7,14H2,1H3,(H,15,18,19). The zero-order valence-corrected chi connectivity index (χ0v) is 11.1. The third-order valence-corrected chi connectivity index (χ3v) is 3.22. The normalized spacial score (nSPS) is 18.7. The van der Waals surface area contributed by atoms with Gasteiger partial charge in [-0.15, -0.1) is 0 Å². The number of carbonyl (C=O) groups excluding carboxylic acids is 3. The van der Waals surface area contributed by atoms with Crippen molar-refractivity contribution in [1.82, 2.24) is 10.2 Å². The lowest BCUT2D eigenvalue weighted by Gasteiger charge is -2.33. The number of rotatable bonds is 3. The summed E-state index contributed by atoms with van der Waals surface area (Å²) in [7, 11) is 0. The second kappa shape index (κ2) is 5.70. The number of nitrogen functional groups attached to an aromatic ring is 1. The van der Waals surface area contributed by atoms with Crippen molar-refractivity contribution in [2.45, 2.75) is 19.4 Å². The fourth-order valence-electron chi connectivity index (χ4n) is 2.24. The van der Waals surface area contributed by atoms with Crippen LogP contribution in [0.5, 0.6) is 0 Å². The summed E-state index contributed by atoms with van der Waals surface area (Å²) in [5.41, 5.74) is 3.22. The van der Waals surface area contributed by atoms with Gasteiger partial charge in [-0.25, -0.2) is 0 Å². The molecular formula is C13H16N4O3. The Bertz CT molecular complexity index is 558. The molecule has 1 heterocycles. The van der Waals surface area contributed by atoms with Gasteiger partial charge in [0.05, 0.1) is 11.3 Å². The Kier molecular flexibility index (Phi) is 3.99. The van der Waals surface area contributed by atoms with E-state index in [1.54, 1.807) is 31.2 Å². The van der Waals surface area contributed by atoms with Crippen molar-refractivity contribution in [1.29, 1.82) is 0 Å². The van der Waals surface area contributed by atoms with E-state index in [1.165, 1.54) is 4.90 Å². The molecule has 7 heteroatoms. The molecule has 20 heavy (non-hydrogen) atoms. The number of imide groups is 1. The van der Waals surface area contributed by atoms with Gasteiger partial charge in [-0.2, -0.15) is 0 Å². The van der Waals surface area contributed by atoms with Gasteiger partial charge < -0.3 is 10.3 Å². The van der Waals surface area contributed by atoms with E-state index in [4.69, 9.17) is 5.84 Å².